The van der Waals surface area contributed by atoms with Crippen molar-refractivity contribution in [3.63, 3.8) is 0 Å². The maximum absolute atomic E-state index is 12.6. The second-order valence-corrected chi connectivity index (χ2v) is 6.80. The smallest absolute Gasteiger partial charge is 0.254 e. The first kappa shape index (κ1) is 13.7. The van der Waals surface area contributed by atoms with Crippen molar-refractivity contribution in [3.8, 4) is 0 Å². The zero-order chi connectivity index (χ0) is 16.3. The summed E-state index contributed by atoms with van der Waals surface area (Å²) in [5, 5.41) is 7.54. The number of imide groups is 1. The molecule has 2 aliphatic carbocycles. The lowest BCUT2D eigenvalue weighted by molar-refractivity contribution is -0.140. The van der Waals surface area contributed by atoms with E-state index in [1.807, 2.05) is 42.5 Å². The summed E-state index contributed by atoms with van der Waals surface area (Å²) in [6.45, 7) is 0. The minimum absolute atomic E-state index is 0.140. The summed E-state index contributed by atoms with van der Waals surface area (Å²) in [4.78, 5) is 25.3. The highest BCUT2D eigenvalue weighted by molar-refractivity contribution is 6.07. The van der Waals surface area contributed by atoms with E-state index in [0.29, 0.717) is 0 Å². The molecule has 1 saturated heterocycles. The maximum Gasteiger partial charge on any atom is 0.254 e. The Balaban J connectivity index is 1.49. The topological polar surface area (TPSA) is 49.7 Å². The van der Waals surface area contributed by atoms with Crippen molar-refractivity contribution in [2.24, 2.45) is 28.8 Å². The second-order valence-electron chi connectivity index (χ2n) is 6.80. The van der Waals surface area contributed by atoms with Crippen LogP contribution in [0.15, 0.2) is 59.7 Å². The van der Waals surface area contributed by atoms with Crippen LogP contribution in [0.3, 0.4) is 0 Å². The van der Waals surface area contributed by atoms with Crippen LogP contribution in [-0.4, -0.2) is 23.0 Å². The number of nitrogens with zero attached hydrogens (tertiary/aromatic N) is 2. The van der Waals surface area contributed by atoms with Gasteiger partial charge in [-0.3, -0.25) is 9.59 Å². The fourth-order valence-electron chi connectivity index (χ4n) is 4.48. The summed E-state index contributed by atoms with van der Waals surface area (Å²) in [6.07, 6.45) is 6.76. The predicted octanol–water partition coefficient (Wildman–Crippen LogP) is 2.98. The van der Waals surface area contributed by atoms with Crippen molar-refractivity contribution in [2.75, 3.05) is 0 Å². The molecule has 4 heteroatoms. The summed E-state index contributed by atoms with van der Waals surface area (Å²) in [5.74, 6) is -0.241. The maximum atomic E-state index is 12.6. The van der Waals surface area contributed by atoms with Gasteiger partial charge in [0.1, 0.15) is 0 Å². The highest BCUT2D eigenvalue weighted by Gasteiger charge is 2.59. The van der Waals surface area contributed by atoms with Crippen molar-refractivity contribution in [1.82, 2.24) is 5.01 Å². The van der Waals surface area contributed by atoms with Crippen LogP contribution in [0.25, 0.3) is 10.8 Å². The van der Waals surface area contributed by atoms with Gasteiger partial charge in [-0.05, 0) is 29.0 Å². The van der Waals surface area contributed by atoms with Crippen LogP contribution < -0.4 is 0 Å². The molecule has 2 fully saturated rings. The van der Waals surface area contributed by atoms with E-state index >= 15 is 0 Å². The van der Waals surface area contributed by atoms with Crippen molar-refractivity contribution >= 4 is 28.8 Å². The molecule has 5 rings (SSSR count). The SMILES string of the molecule is O=C1[C@@H]2[C@@H](C(=O)N1/N=C\c1cccc3ccccc13)[C@H]1C=C[C@H]2C1. The standard InChI is InChI=1S/C20H16N2O2/c23-19-17-13-8-9-14(10-13)18(17)20(24)22(19)21-11-15-6-3-5-12-4-1-2-7-16(12)15/h1-9,11,13-14,17-18H,10H2/b21-11-/t13-,14-,17-,18-/m0/s1. The van der Waals surface area contributed by atoms with Crippen LogP contribution in [0, 0.1) is 23.7 Å². The minimum atomic E-state index is -0.197. The third-order valence-corrected chi connectivity index (χ3v) is 5.58. The molecule has 0 radical (unpaired) electrons. The second kappa shape index (κ2) is 4.87. The third-order valence-electron chi connectivity index (χ3n) is 5.58. The van der Waals surface area contributed by atoms with E-state index < -0.39 is 0 Å². The molecule has 4 nitrogen and oxygen atoms in total. The number of benzene rings is 2. The molecule has 2 bridgehead atoms. The van der Waals surface area contributed by atoms with Gasteiger partial charge >= 0.3 is 0 Å². The summed E-state index contributed by atoms with van der Waals surface area (Å²) in [7, 11) is 0. The first-order chi connectivity index (χ1) is 11.7. The van der Waals surface area contributed by atoms with Crippen molar-refractivity contribution in [3.05, 3.63) is 60.2 Å². The normalized spacial score (nSPS) is 30.9. The number of carbonyl (C=O) groups is 2. The molecular weight excluding hydrogens is 300 g/mol. The molecule has 24 heavy (non-hydrogen) atoms. The van der Waals surface area contributed by atoms with Gasteiger partial charge in [0.2, 0.25) is 0 Å². The number of amides is 2. The molecule has 1 aliphatic heterocycles. The van der Waals surface area contributed by atoms with Crippen LogP contribution in [0.4, 0.5) is 0 Å². The Labute approximate surface area is 139 Å². The summed E-state index contributed by atoms with van der Waals surface area (Å²) >= 11 is 0. The van der Waals surface area contributed by atoms with E-state index in [0.717, 1.165) is 27.8 Å². The van der Waals surface area contributed by atoms with Gasteiger partial charge in [-0.1, -0.05) is 54.6 Å². The van der Waals surface area contributed by atoms with E-state index in [4.69, 9.17) is 0 Å². The Morgan fingerprint density at radius 1 is 0.917 bits per heavy atom. The summed E-state index contributed by atoms with van der Waals surface area (Å²) in [5.41, 5.74) is 0.909. The average molecular weight is 316 g/mol. The number of carbonyl (C=O) groups excluding carboxylic acids is 2. The van der Waals surface area contributed by atoms with Gasteiger partial charge in [0.05, 0.1) is 18.1 Å². The van der Waals surface area contributed by atoms with Crippen molar-refractivity contribution in [1.29, 1.82) is 0 Å². The molecule has 4 atom stereocenters. The van der Waals surface area contributed by atoms with Gasteiger partial charge in [-0.25, -0.2) is 0 Å². The number of hydrogen-bond donors (Lipinski definition) is 0. The Kier molecular flexibility index (Phi) is 2.77. The number of rotatable bonds is 2. The van der Waals surface area contributed by atoms with E-state index in [-0.39, 0.29) is 35.5 Å². The average Bonchev–Trinajstić information content (AvgIpc) is 3.28. The monoisotopic (exact) mass is 316 g/mol. The van der Waals surface area contributed by atoms with Crippen LogP contribution in [0.1, 0.15) is 12.0 Å². The Bertz CT molecular complexity index is 895. The molecule has 1 saturated carbocycles. The zero-order valence-corrected chi connectivity index (χ0v) is 13.0. The predicted molar refractivity (Wildman–Crippen MR) is 91.1 cm³/mol. The zero-order valence-electron chi connectivity index (χ0n) is 13.0. The van der Waals surface area contributed by atoms with Gasteiger partial charge in [0.25, 0.3) is 11.8 Å². The number of allylic oxidation sites excluding steroid dienone is 2. The van der Waals surface area contributed by atoms with Gasteiger partial charge in [0.15, 0.2) is 0 Å². The van der Waals surface area contributed by atoms with Crippen LogP contribution in [0.2, 0.25) is 0 Å². The molecule has 0 N–H and O–H groups in total. The van der Waals surface area contributed by atoms with E-state index in [1.165, 1.54) is 0 Å². The van der Waals surface area contributed by atoms with Crippen molar-refractivity contribution < 1.29 is 9.59 Å². The summed E-state index contributed by atoms with van der Waals surface area (Å²) in [6, 6.07) is 13.9. The fourth-order valence-corrected chi connectivity index (χ4v) is 4.48. The molecular formula is C20H16N2O2. The number of hydrogen-bond acceptors (Lipinski definition) is 3. The molecule has 3 aliphatic rings. The molecule has 118 valence electrons. The number of fused-ring (bicyclic) bond motifs is 6. The van der Waals surface area contributed by atoms with Crippen LogP contribution in [0.5, 0.6) is 0 Å². The lowest BCUT2D eigenvalue weighted by atomic mass is 9.85. The molecule has 1 heterocycles. The summed E-state index contributed by atoms with van der Waals surface area (Å²) < 4.78 is 0. The molecule has 0 spiro atoms. The van der Waals surface area contributed by atoms with E-state index in [9.17, 15) is 9.59 Å². The minimum Gasteiger partial charge on any atom is -0.272 e. The molecule has 0 unspecified atom stereocenters. The Morgan fingerprint density at radius 3 is 2.33 bits per heavy atom. The highest BCUT2D eigenvalue weighted by Crippen LogP contribution is 2.52. The first-order valence-electron chi connectivity index (χ1n) is 8.32. The Morgan fingerprint density at radius 2 is 1.58 bits per heavy atom. The third kappa shape index (κ3) is 1.77. The fraction of sp³-hybridized carbons (Fsp3) is 0.250. The van der Waals surface area contributed by atoms with E-state index in [2.05, 4.69) is 17.3 Å². The lowest BCUT2D eigenvalue weighted by Gasteiger charge is -2.13. The molecule has 2 amide bonds. The van der Waals surface area contributed by atoms with Crippen molar-refractivity contribution in [2.45, 2.75) is 6.42 Å². The quantitative estimate of drug-likeness (QED) is 0.486. The molecule has 0 aromatic heterocycles. The van der Waals surface area contributed by atoms with Gasteiger partial charge in [0, 0.05) is 5.56 Å². The van der Waals surface area contributed by atoms with Gasteiger partial charge < -0.3 is 0 Å². The number of hydrazone groups is 1. The van der Waals surface area contributed by atoms with Gasteiger partial charge in [-0.15, -0.1) is 0 Å². The molecule has 2 aromatic rings. The highest BCUT2D eigenvalue weighted by atomic mass is 16.2. The largest absolute Gasteiger partial charge is 0.272 e. The van der Waals surface area contributed by atoms with Crippen LogP contribution >= 0.6 is 0 Å². The van der Waals surface area contributed by atoms with Gasteiger partial charge in [-0.2, -0.15) is 10.1 Å². The molecule has 2 aromatic carbocycles. The van der Waals surface area contributed by atoms with Crippen LogP contribution in [-0.2, 0) is 9.59 Å². The lowest BCUT2D eigenvalue weighted by Crippen LogP contribution is -2.28. The first-order valence-corrected chi connectivity index (χ1v) is 8.32. The Hall–Kier alpha value is -2.75. The van der Waals surface area contributed by atoms with E-state index in [1.54, 1.807) is 6.21 Å².